The summed E-state index contributed by atoms with van der Waals surface area (Å²) in [6, 6.07) is 4.39. The number of aliphatic carboxylic acids is 1. The molecule has 0 aliphatic heterocycles. The van der Waals surface area contributed by atoms with E-state index in [9.17, 15) is 9.18 Å². The molecule has 1 fully saturated rings. The Kier molecular flexibility index (Phi) is 2.23. The van der Waals surface area contributed by atoms with Crippen LogP contribution < -0.4 is 0 Å². The molecule has 2 atom stereocenters. The highest BCUT2D eigenvalue weighted by molar-refractivity contribution is 6.30. The van der Waals surface area contributed by atoms with Gasteiger partial charge in [0.15, 0.2) is 0 Å². The monoisotopic (exact) mass is 228 g/mol. The van der Waals surface area contributed by atoms with E-state index in [1.54, 1.807) is 6.07 Å². The molecule has 4 heteroatoms. The molecule has 0 aromatic heterocycles. The lowest BCUT2D eigenvalue weighted by atomic mass is 9.95. The van der Waals surface area contributed by atoms with E-state index >= 15 is 0 Å². The molecule has 2 unspecified atom stereocenters. The second kappa shape index (κ2) is 3.20. The van der Waals surface area contributed by atoms with Crippen LogP contribution in [0, 0.1) is 11.7 Å². The van der Waals surface area contributed by atoms with Crippen molar-refractivity contribution >= 4 is 17.6 Å². The summed E-state index contributed by atoms with van der Waals surface area (Å²) in [4.78, 5) is 10.8. The molecule has 0 radical (unpaired) electrons. The summed E-state index contributed by atoms with van der Waals surface area (Å²) in [7, 11) is 0. The van der Waals surface area contributed by atoms with Crippen molar-refractivity contribution in [2.24, 2.45) is 5.92 Å². The Morgan fingerprint density at radius 2 is 2.33 bits per heavy atom. The van der Waals surface area contributed by atoms with Gasteiger partial charge in [0.1, 0.15) is 5.82 Å². The Bertz CT molecular complexity index is 433. The van der Waals surface area contributed by atoms with Gasteiger partial charge in [0.25, 0.3) is 0 Å². The van der Waals surface area contributed by atoms with Gasteiger partial charge in [-0.05, 0) is 24.1 Å². The number of hydrogen-bond donors (Lipinski definition) is 1. The molecular formula is C11H10ClFO2. The van der Waals surface area contributed by atoms with Crippen LogP contribution >= 0.6 is 11.6 Å². The third-order valence-electron chi connectivity index (χ3n) is 3.11. The number of carboxylic acid groups (broad SMARTS) is 1. The molecule has 2 nitrogen and oxygen atoms in total. The van der Waals surface area contributed by atoms with E-state index < -0.39 is 11.8 Å². The number of halogens is 2. The number of carboxylic acids is 1. The van der Waals surface area contributed by atoms with Crippen molar-refractivity contribution in [1.29, 1.82) is 0 Å². The Hall–Kier alpha value is -1.09. The van der Waals surface area contributed by atoms with Gasteiger partial charge in [0.2, 0.25) is 0 Å². The van der Waals surface area contributed by atoms with Crippen LogP contribution in [0.1, 0.15) is 18.9 Å². The van der Waals surface area contributed by atoms with Gasteiger partial charge in [-0.3, -0.25) is 4.79 Å². The van der Waals surface area contributed by atoms with Crippen molar-refractivity contribution in [3.63, 3.8) is 0 Å². The summed E-state index contributed by atoms with van der Waals surface area (Å²) in [6.07, 6.45) is 0.588. The molecule has 0 saturated heterocycles. The minimum Gasteiger partial charge on any atom is -0.481 e. The van der Waals surface area contributed by atoms with Crippen LogP contribution in [0.15, 0.2) is 18.2 Å². The van der Waals surface area contributed by atoms with Crippen molar-refractivity contribution in [3.8, 4) is 0 Å². The molecule has 0 heterocycles. The SMILES string of the molecule is CC1(c2ccc(F)c(Cl)c2)CC1C(=O)O. The molecule has 1 N–H and O–H groups in total. The minimum atomic E-state index is -0.807. The number of hydrogen-bond acceptors (Lipinski definition) is 1. The van der Waals surface area contributed by atoms with Gasteiger partial charge >= 0.3 is 5.97 Å². The molecule has 15 heavy (non-hydrogen) atoms. The van der Waals surface area contributed by atoms with Crippen LogP contribution in [-0.4, -0.2) is 11.1 Å². The third kappa shape index (κ3) is 1.61. The molecule has 0 amide bonds. The van der Waals surface area contributed by atoms with Gasteiger partial charge in [-0.2, -0.15) is 0 Å². The maximum atomic E-state index is 12.9. The van der Waals surface area contributed by atoms with E-state index in [1.165, 1.54) is 12.1 Å². The molecule has 80 valence electrons. The standard InChI is InChI=1S/C11H10ClFO2/c1-11(5-7(11)10(14)15)6-2-3-9(13)8(12)4-6/h2-4,7H,5H2,1H3,(H,14,15). The molecule has 1 aliphatic rings. The van der Waals surface area contributed by atoms with Gasteiger partial charge < -0.3 is 5.11 Å². The average molecular weight is 229 g/mol. The topological polar surface area (TPSA) is 37.3 Å². The Morgan fingerprint density at radius 3 is 2.80 bits per heavy atom. The number of carbonyl (C=O) groups is 1. The van der Waals surface area contributed by atoms with Gasteiger partial charge in [-0.1, -0.05) is 24.6 Å². The van der Waals surface area contributed by atoms with Gasteiger partial charge in [-0.15, -0.1) is 0 Å². The molecule has 0 bridgehead atoms. The van der Waals surface area contributed by atoms with Crippen molar-refractivity contribution in [2.75, 3.05) is 0 Å². The molecule has 1 saturated carbocycles. The van der Waals surface area contributed by atoms with E-state index in [0.29, 0.717) is 6.42 Å². The van der Waals surface area contributed by atoms with E-state index in [-0.39, 0.29) is 16.4 Å². The Balaban J connectivity index is 2.32. The maximum Gasteiger partial charge on any atom is 0.307 e. The fraction of sp³-hybridized carbons (Fsp3) is 0.364. The second-order valence-corrected chi connectivity index (χ2v) is 4.55. The molecule has 0 spiro atoms. The fourth-order valence-corrected chi connectivity index (χ4v) is 2.08. The Labute approximate surface area is 91.7 Å². The van der Waals surface area contributed by atoms with E-state index in [4.69, 9.17) is 16.7 Å². The quantitative estimate of drug-likeness (QED) is 0.845. The van der Waals surface area contributed by atoms with Crippen molar-refractivity contribution in [2.45, 2.75) is 18.8 Å². The van der Waals surface area contributed by atoms with Gasteiger partial charge in [-0.25, -0.2) is 4.39 Å². The maximum absolute atomic E-state index is 12.9. The highest BCUT2D eigenvalue weighted by Crippen LogP contribution is 2.54. The van der Waals surface area contributed by atoms with Crippen LogP contribution in [-0.2, 0) is 10.2 Å². The lowest BCUT2D eigenvalue weighted by Gasteiger charge is -2.10. The molecule has 1 aliphatic carbocycles. The first-order valence-corrected chi connectivity index (χ1v) is 5.01. The zero-order valence-corrected chi connectivity index (χ0v) is 8.88. The van der Waals surface area contributed by atoms with Crippen molar-refractivity contribution in [3.05, 3.63) is 34.6 Å². The van der Waals surface area contributed by atoms with Crippen LogP contribution in [0.25, 0.3) is 0 Å². The van der Waals surface area contributed by atoms with Crippen LogP contribution in [0.2, 0.25) is 5.02 Å². The largest absolute Gasteiger partial charge is 0.481 e. The first-order valence-electron chi connectivity index (χ1n) is 4.63. The third-order valence-corrected chi connectivity index (χ3v) is 3.40. The highest BCUT2D eigenvalue weighted by atomic mass is 35.5. The minimum absolute atomic E-state index is 0.0461. The van der Waals surface area contributed by atoms with Gasteiger partial charge in [0.05, 0.1) is 10.9 Å². The number of rotatable bonds is 2. The van der Waals surface area contributed by atoms with E-state index in [2.05, 4.69) is 0 Å². The van der Waals surface area contributed by atoms with E-state index in [1.807, 2.05) is 6.92 Å². The van der Waals surface area contributed by atoms with Crippen LogP contribution in [0.4, 0.5) is 4.39 Å². The van der Waals surface area contributed by atoms with Crippen LogP contribution in [0.3, 0.4) is 0 Å². The van der Waals surface area contributed by atoms with Crippen molar-refractivity contribution in [1.82, 2.24) is 0 Å². The molecule has 1 aromatic rings. The summed E-state index contributed by atoms with van der Waals surface area (Å²) in [5.74, 6) is -1.66. The smallest absolute Gasteiger partial charge is 0.307 e. The predicted molar refractivity (Wildman–Crippen MR) is 54.5 cm³/mol. The van der Waals surface area contributed by atoms with Gasteiger partial charge in [0, 0.05) is 5.41 Å². The summed E-state index contributed by atoms with van der Waals surface area (Å²) in [6.45, 7) is 1.86. The average Bonchev–Trinajstić information content (AvgIpc) is 2.84. The zero-order valence-electron chi connectivity index (χ0n) is 8.13. The fourth-order valence-electron chi connectivity index (χ4n) is 1.90. The zero-order chi connectivity index (χ0) is 11.2. The molecular weight excluding hydrogens is 219 g/mol. The second-order valence-electron chi connectivity index (χ2n) is 4.14. The lowest BCUT2D eigenvalue weighted by molar-refractivity contribution is -0.138. The first kappa shape index (κ1) is 10.4. The first-order chi connectivity index (χ1) is 6.95. The van der Waals surface area contributed by atoms with Crippen molar-refractivity contribution < 1.29 is 14.3 Å². The summed E-state index contributed by atoms with van der Waals surface area (Å²) in [5.41, 5.74) is 0.407. The normalized spacial score (nSPS) is 28.9. The highest BCUT2D eigenvalue weighted by Gasteiger charge is 2.55. The van der Waals surface area contributed by atoms with E-state index in [0.717, 1.165) is 5.56 Å². The lowest BCUT2D eigenvalue weighted by Crippen LogP contribution is -2.11. The summed E-state index contributed by atoms with van der Waals surface area (Å²) < 4.78 is 12.9. The summed E-state index contributed by atoms with van der Waals surface area (Å²) >= 11 is 5.65. The molecule has 1 aromatic carbocycles. The Morgan fingerprint density at radius 1 is 1.67 bits per heavy atom. The number of benzene rings is 1. The summed E-state index contributed by atoms with van der Waals surface area (Å²) in [5, 5.41) is 8.91. The van der Waals surface area contributed by atoms with Crippen LogP contribution in [0.5, 0.6) is 0 Å². The molecule has 2 rings (SSSR count). The predicted octanol–water partition coefficient (Wildman–Crippen LogP) is 2.84.